The predicted octanol–water partition coefficient (Wildman–Crippen LogP) is 2.52. The van der Waals surface area contributed by atoms with Crippen molar-refractivity contribution < 1.29 is 23.8 Å². The zero-order valence-electron chi connectivity index (χ0n) is 19.2. The van der Waals surface area contributed by atoms with Crippen molar-refractivity contribution in [3.8, 4) is 0 Å². The summed E-state index contributed by atoms with van der Waals surface area (Å²) in [5.41, 5.74) is 2.28. The fourth-order valence-electron chi connectivity index (χ4n) is 4.17. The van der Waals surface area contributed by atoms with E-state index in [0.29, 0.717) is 58.2 Å². The lowest BCUT2D eigenvalue weighted by molar-refractivity contribution is -0.154. The van der Waals surface area contributed by atoms with Crippen molar-refractivity contribution in [3.63, 3.8) is 0 Å². The van der Waals surface area contributed by atoms with E-state index < -0.39 is 0 Å². The Morgan fingerprint density at radius 1 is 1.19 bits per heavy atom. The number of carbonyl (C=O) groups excluding carboxylic acids is 2. The molecule has 1 aromatic rings. The Bertz CT molecular complexity index is 753. The van der Waals surface area contributed by atoms with Gasteiger partial charge in [-0.25, -0.2) is 0 Å². The maximum Gasteiger partial charge on any atom is 0.309 e. The Morgan fingerprint density at radius 3 is 2.65 bits per heavy atom. The molecule has 8 heteroatoms. The summed E-state index contributed by atoms with van der Waals surface area (Å²) in [5, 5.41) is 7.79. The molecule has 174 valence electrons. The molecule has 0 aromatic carbocycles. The molecule has 0 radical (unpaired) electrons. The molecule has 1 fully saturated rings. The summed E-state index contributed by atoms with van der Waals surface area (Å²) >= 11 is 0. The first-order chi connectivity index (χ1) is 14.9. The van der Waals surface area contributed by atoms with E-state index in [4.69, 9.17) is 19.3 Å². The molecule has 8 nitrogen and oxygen atoms in total. The SMILES string of the molecule is CCn1nc(CC(C)(C)COC(=O)C2CCOCC2)c2c1C(=O)NCCCOCCC2. The van der Waals surface area contributed by atoms with Crippen LogP contribution < -0.4 is 5.32 Å². The van der Waals surface area contributed by atoms with Crippen molar-refractivity contribution in [1.82, 2.24) is 15.1 Å². The van der Waals surface area contributed by atoms with Gasteiger partial charge in [-0.2, -0.15) is 5.10 Å². The molecule has 3 rings (SSSR count). The van der Waals surface area contributed by atoms with Gasteiger partial charge in [0, 0.05) is 56.9 Å². The van der Waals surface area contributed by atoms with Crippen molar-refractivity contribution >= 4 is 11.9 Å². The second kappa shape index (κ2) is 11.1. The zero-order chi connectivity index (χ0) is 22.3. The molecular formula is C23H37N3O5. The van der Waals surface area contributed by atoms with Crippen LogP contribution in [0, 0.1) is 11.3 Å². The molecule has 0 aliphatic carbocycles. The number of hydrogen-bond donors (Lipinski definition) is 1. The van der Waals surface area contributed by atoms with E-state index >= 15 is 0 Å². The number of nitrogens with one attached hydrogen (secondary N) is 1. The van der Waals surface area contributed by atoms with E-state index in [2.05, 4.69) is 19.2 Å². The minimum Gasteiger partial charge on any atom is -0.465 e. The molecule has 1 amide bonds. The van der Waals surface area contributed by atoms with E-state index in [1.54, 1.807) is 0 Å². The predicted molar refractivity (Wildman–Crippen MR) is 116 cm³/mol. The number of esters is 1. The number of nitrogens with zero attached hydrogens (tertiary/aromatic N) is 2. The van der Waals surface area contributed by atoms with Gasteiger partial charge in [0.05, 0.1) is 18.2 Å². The number of fused-ring (bicyclic) bond motifs is 1. The zero-order valence-corrected chi connectivity index (χ0v) is 19.2. The van der Waals surface area contributed by atoms with Gasteiger partial charge in [-0.3, -0.25) is 14.3 Å². The topological polar surface area (TPSA) is 91.7 Å². The summed E-state index contributed by atoms with van der Waals surface area (Å²) in [6.07, 6.45) is 4.49. The Hall–Kier alpha value is -1.93. The highest BCUT2D eigenvalue weighted by Crippen LogP contribution is 2.28. The summed E-state index contributed by atoms with van der Waals surface area (Å²) in [4.78, 5) is 25.3. The molecular weight excluding hydrogens is 398 g/mol. The summed E-state index contributed by atoms with van der Waals surface area (Å²) in [5.74, 6) is -0.267. The molecule has 2 aliphatic heterocycles. The Morgan fingerprint density at radius 2 is 1.90 bits per heavy atom. The molecule has 0 bridgehead atoms. The number of ether oxygens (including phenoxy) is 3. The fraction of sp³-hybridized carbons (Fsp3) is 0.783. The van der Waals surface area contributed by atoms with E-state index in [1.807, 2.05) is 11.6 Å². The van der Waals surface area contributed by atoms with Crippen molar-refractivity contribution in [2.45, 2.75) is 65.8 Å². The minimum atomic E-state index is -0.291. The van der Waals surface area contributed by atoms with Crippen LogP contribution in [0.15, 0.2) is 0 Å². The van der Waals surface area contributed by atoms with Gasteiger partial charge in [0.2, 0.25) is 0 Å². The molecule has 3 heterocycles. The molecule has 0 atom stereocenters. The molecule has 31 heavy (non-hydrogen) atoms. The number of amides is 1. The summed E-state index contributed by atoms with van der Waals surface area (Å²) in [6.45, 7) is 10.3. The number of rotatable bonds is 6. The van der Waals surface area contributed by atoms with Crippen molar-refractivity contribution in [2.75, 3.05) is 39.6 Å². The third-order valence-corrected chi connectivity index (χ3v) is 5.92. The first-order valence-corrected chi connectivity index (χ1v) is 11.6. The Balaban J connectivity index is 1.73. The van der Waals surface area contributed by atoms with Crippen LogP contribution in [0.4, 0.5) is 0 Å². The largest absolute Gasteiger partial charge is 0.465 e. The molecule has 1 N–H and O–H groups in total. The number of hydrogen-bond acceptors (Lipinski definition) is 6. The monoisotopic (exact) mass is 435 g/mol. The molecule has 0 saturated carbocycles. The summed E-state index contributed by atoms with van der Waals surface area (Å²) in [6, 6.07) is 0. The van der Waals surface area contributed by atoms with Gasteiger partial charge in [-0.05, 0) is 39.0 Å². The normalized spacial score (nSPS) is 19.3. The highest BCUT2D eigenvalue weighted by Gasteiger charge is 2.30. The van der Waals surface area contributed by atoms with Crippen LogP contribution in [0.1, 0.15) is 68.2 Å². The van der Waals surface area contributed by atoms with Crippen LogP contribution >= 0.6 is 0 Å². The van der Waals surface area contributed by atoms with Gasteiger partial charge in [-0.1, -0.05) is 13.8 Å². The lowest BCUT2D eigenvalue weighted by atomic mass is 9.86. The third-order valence-electron chi connectivity index (χ3n) is 5.92. The van der Waals surface area contributed by atoms with Crippen molar-refractivity contribution in [2.24, 2.45) is 11.3 Å². The molecule has 0 spiro atoms. The van der Waals surface area contributed by atoms with Gasteiger partial charge in [0.15, 0.2) is 0 Å². The first-order valence-electron chi connectivity index (χ1n) is 11.6. The average Bonchev–Trinajstić information content (AvgIpc) is 3.08. The maximum atomic E-state index is 12.9. The van der Waals surface area contributed by atoms with Gasteiger partial charge in [0.25, 0.3) is 5.91 Å². The Labute approximate surface area is 185 Å². The van der Waals surface area contributed by atoms with Crippen LogP contribution in [0.25, 0.3) is 0 Å². The molecule has 0 unspecified atom stereocenters. The van der Waals surface area contributed by atoms with Gasteiger partial charge in [0.1, 0.15) is 5.69 Å². The van der Waals surface area contributed by atoms with Crippen molar-refractivity contribution in [3.05, 3.63) is 17.0 Å². The van der Waals surface area contributed by atoms with Crippen molar-refractivity contribution in [1.29, 1.82) is 0 Å². The number of aryl methyl sites for hydroxylation is 1. The smallest absolute Gasteiger partial charge is 0.309 e. The minimum absolute atomic E-state index is 0.0656. The lowest BCUT2D eigenvalue weighted by Crippen LogP contribution is -2.30. The quantitative estimate of drug-likeness (QED) is 0.691. The highest BCUT2D eigenvalue weighted by molar-refractivity contribution is 5.94. The van der Waals surface area contributed by atoms with E-state index in [1.165, 1.54) is 0 Å². The molecule has 1 aromatic heterocycles. The summed E-state index contributed by atoms with van der Waals surface area (Å²) < 4.78 is 18.5. The third kappa shape index (κ3) is 6.53. The van der Waals surface area contributed by atoms with E-state index in [9.17, 15) is 9.59 Å². The maximum absolute atomic E-state index is 12.9. The number of carbonyl (C=O) groups is 2. The average molecular weight is 436 g/mol. The van der Waals surface area contributed by atoms with Crippen LogP contribution in [-0.2, 0) is 38.4 Å². The molecule has 2 aliphatic rings. The number of aromatic nitrogens is 2. The first kappa shape index (κ1) is 23.7. The van der Waals surface area contributed by atoms with Crippen LogP contribution in [0.5, 0.6) is 0 Å². The molecule has 1 saturated heterocycles. The van der Waals surface area contributed by atoms with Gasteiger partial charge < -0.3 is 19.5 Å². The van der Waals surface area contributed by atoms with E-state index in [-0.39, 0.29) is 23.2 Å². The van der Waals surface area contributed by atoms with E-state index in [0.717, 1.165) is 43.4 Å². The second-order valence-electron chi connectivity index (χ2n) is 9.25. The van der Waals surface area contributed by atoms with Crippen LogP contribution in [0.2, 0.25) is 0 Å². The fourth-order valence-corrected chi connectivity index (χ4v) is 4.17. The van der Waals surface area contributed by atoms with Gasteiger partial charge in [-0.15, -0.1) is 0 Å². The highest BCUT2D eigenvalue weighted by atomic mass is 16.5. The second-order valence-corrected chi connectivity index (χ2v) is 9.25. The standard InChI is InChI=1S/C23H37N3O5/c1-4-26-20-18(7-5-11-29-12-6-10-24-21(20)27)19(25-26)15-23(2,3)16-31-22(28)17-8-13-30-14-9-17/h17H,4-16H2,1-3H3,(H,24,27). The van der Waals surface area contributed by atoms with Crippen LogP contribution in [0.3, 0.4) is 0 Å². The van der Waals surface area contributed by atoms with Gasteiger partial charge >= 0.3 is 5.97 Å². The summed E-state index contributed by atoms with van der Waals surface area (Å²) in [7, 11) is 0. The Kier molecular flexibility index (Phi) is 8.49. The lowest BCUT2D eigenvalue weighted by Gasteiger charge is -2.26. The van der Waals surface area contributed by atoms with Crippen LogP contribution in [-0.4, -0.2) is 61.2 Å².